The van der Waals surface area contributed by atoms with Crippen molar-refractivity contribution in [2.45, 2.75) is 31.1 Å². The van der Waals surface area contributed by atoms with Crippen molar-refractivity contribution in [2.75, 3.05) is 0 Å². The maximum atomic E-state index is 9.65. The fourth-order valence-electron chi connectivity index (χ4n) is 2.46. The van der Waals surface area contributed by atoms with Gasteiger partial charge < -0.3 is 15.4 Å². The van der Waals surface area contributed by atoms with Gasteiger partial charge in [0.1, 0.15) is 6.10 Å². The third kappa shape index (κ3) is 0.780. The van der Waals surface area contributed by atoms with Gasteiger partial charge >= 0.3 is 0 Å². The molecule has 2 rings (SSSR count). The third-order valence-corrected chi connectivity index (χ3v) is 3.17. The van der Waals surface area contributed by atoms with E-state index in [2.05, 4.69) is 0 Å². The molecule has 0 saturated heterocycles. The molecule has 2 fully saturated rings. The molecule has 11 heavy (non-hydrogen) atoms. The van der Waals surface area contributed by atoms with Gasteiger partial charge in [0.2, 0.25) is 0 Å². The number of fused-ring (bicyclic) bond motifs is 2. The number of nitrogens with one attached hydrogen (secondary N) is 1. The summed E-state index contributed by atoms with van der Waals surface area (Å²) in [6, 6.07) is 0. The van der Waals surface area contributed by atoms with Crippen LogP contribution in [0.3, 0.4) is 0 Å². The fourth-order valence-corrected chi connectivity index (χ4v) is 2.46. The molecule has 4 atom stereocenters. The Labute approximate surface area is 64.8 Å². The Bertz CT molecular complexity index is 171. The number of hydrogen-bond acceptors (Lipinski definition) is 4. The summed E-state index contributed by atoms with van der Waals surface area (Å²) in [4.78, 5) is 0. The largest absolute Gasteiger partial charge is 0.388 e. The summed E-state index contributed by atoms with van der Waals surface area (Å²) in [7, 11) is 0. The van der Waals surface area contributed by atoms with Crippen LogP contribution in [0, 0.1) is 11.8 Å². The number of aliphatic hydroxyl groups is 2. The van der Waals surface area contributed by atoms with Crippen LogP contribution in [0.25, 0.3) is 0 Å². The Morgan fingerprint density at radius 2 is 2.09 bits per heavy atom. The van der Waals surface area contributed by atoms with Gasteiger partial charge in [-0.2, -0.15) is 5.48 Å². The van der Waals surface area contributed by atoms with E-state index in [0.29, 0.717) is 0 Å². The molecule has 0 amide bonds. The SMILES string of the molecule is ONC1(O)C2CCC(C2)C1O. The molecule has 0 aromatic carbocycles. The highest BCUT2D eigenvalue weighted by Crippen LogP contribution is 2.49. The van der Waals surface area contributed by atoms with Gasteiger partial charge in [-0.15, -0.1) is 0 Å². The zero-order valence-corrected chi connectivity index (χ0v) is 6.20. The quantitative estimate of drug-likeness (QED) is 0.306. The van der Waals surface area contributed by atoms with E-state index in [4.69, 9.17) is 5.21 Å². The van der Waals surface area contributed by atoms with Gasteiger partial charge in [0.15, 0.2) is 5.72 Å². The lowest BCUT2D eigenvalue weighted by Crippen LogP contribution is -2.56. The first kappa shape index (κ1) is 7.49. The molecular weight excluding hydrogens is 146 g/mol. The molecule has 0 heterocycles. The van der Waals surface area contributed by atoms with Crippen LogP contribution in [0.5, 0.6) is 0 Å². The lowest BCUT2D eigenvalue weighted by atomic mass is 9.89. The average molecular weight is 159 g/mol. The maximum Gasteiger partial charge on any atom is 0.166 e. The van der Waals surface area contributed by atoms with Crippen molar-refractivity contribution in [3.05, 3.63) is 0 Å². The molecule has 4 heteroatoms. The summed E-state index contributed by atoms with van der Waals surface area (Å²) in [6.45, 7) is 0. The molecule has 2 aliphatic rings. The Morgan fingerprint density at radius 1 is 1.36 bits per heavy atom. The van der Waals surface area contributed by atoms with E-state index in [0.717, 1.165) is 19.3 Å². The second-order valence-electron chi connectivity index (χ2n) is 3.65. The van der Waals surface area contributed by atoms with E-state index in [1.54, 1.807) is 0 Å². The Kier molecular flexibility index (Phi) is 1.47. The van der Waals surface area contributed by atoms with E-state index < -0.39 is 11.8 Å². The van der Waals surface area contributed by atoms with Gasteiger partial charge in [-0.05, 0) is 25.2 Å². The van der Waals surface area contributed by atoms with E-state index in [1.165, 1.54) is 0 Å². The number of aliphatic hydroxyl groups excluding tert-OH is 1. The molecule has 2 aliphatic carbocycles. The Balaban J connectivity index is 2.23. The van der Waals surface area contributed by atoms with Crippen LogP contribution >= 0.6 is 0 Å². The van der Waals surface area contributed by atoms with E-state index in [9.17, 15) is 10.2 Å². The summed E-state index contributed by atoms with van der Waals surface area (Å²) < 4.78 is 0. The molecule has 2 saturated carbocycles. The predicted molar refractivity (Wildman–Crippen MR) is 36.7 cm³/mol. The normalized spacial score (nSPS) is 55.4. The van der Waals surface area contributed by atoms with E-state index in [1.807, 2.05) is 5.48 Å². The highest BCUT2D eigenvalue weighted by Gasteiger charge is 2.57. The summed E-state index contributed by atoms with van der Waals surface area (Å²) in [5.41, 5.74) is 0.399. The van der Waals surface area contributed by atoms with Crippen molar-refractivity contribution >= 4 is 0 Å². The summed E-state index contributed by atoms with van der Waals surface area (Å²) >= 11 is 0. The molecule has 4 unspecified atom stereocenters. The predicted octanol–water partition coefficient (Wildman–Crippen LogP) is -0.555. The summed E-state index contributed by atoms with van der Waals surface area (Å²) in [5.74, 6) is 0.192. The monoisotopic (exact) mass is 159 g/mol. The van der Waals surface area contributed by atoms with Gasteiger partial charge in [-0.1, -0.05) is 0 Å². The van der Waals surface area contributed by atoms with Gasteiger partial charge in [-0.25, -0.2) is 0 Å². The Hall–Kier alpha value is -0.160. The first-order valence-corrected chi connectivity index (χ1v) is 4.00. The van der Waals surface area contributed by atoms with Crippen molar-refractivity contribution in [3.8, 4) is 0 Å². The van der Waals surface area contributed by atoms with Crippen LogP contribution in [0.4, 0.5) is 0 Å². The van der Waals surface area contributed by atoms with Crippen LogP contribution < -0.4 is 5.48 Å². The number of hydroxylamine groups is 1. The lowest BCUT2D eigenvalue weighted by Gasteiger charge is -2.34. The second kappa shape index (κ2) is 2.17. The molecule has 0 aliphatic heterocycles. The van der Waals surface area contributed by atoms with Crippen molar-refractivity contribution < 1.29 is 15.4 Å². The van der Waals surface area contributed by atoms with Gasteiger partial charge in [0.05, 0.1) is 0 Å². The van der Waals surface area contributed by atoms with Crippen LogP contribution in [0.1, 0.15) is 19.3 Å². The average Bonchev–Trinajstić information content (AvgIpc) is 2.56. The van der Waals surface area contributed by atoms with E-state index in [-0.39, 0.29) is 11.8 Å². The summed E-state index contributed by atoms with van der Waals surface area (Å²) in [6.07, 6.45) is 1.89. The topological polar surface area (TPSA) is 72.7 Å². The first-order chi connectivity index (χ1) is 5.18. The van der Waals surface area contributed by atoms with Crippen LogP contribution in [-0.4, -0.2) is 27.2 Å². The van der Waals surface area contributed by atoms with Crippen LogP contribution in [0.2, 0.25) is 0 Å². The number of hydrogen-bond donors (Lipinski definition) is 4. The zero-order valence-electron chi connectivity index (χ0n) is 6.20. The second-order valence-corrected chi connectivity index (χ2v) is 3.65. The molecular formula is C7H13NO3. The van der Waals surface area contributed by atoms with Crippen molar-refractivity contribution in [1.82, 2.24) is 5.48 Å². The van der Waals surface area contributed by atoms with Crippen molar-refractivity contribution in [3.63, 3.8) is 0 Å². The van der Waals surface area contributed by atoms with Gasteiger partial charge in [0.25, 0.3) is 0 Å². The highest BCUT2D eigenvalue weighted by atomic mass is 16.5. The minimum atomic E-state index is -1.43. The number of rotatable bonds is 1. The lowest BCUT2D eigenvalue weighted by molar-refractivity contribution is -0.185. The minimum Gasteiger partial charge on any atom is -0.388 e. The molecule has 64 valence electrons. The van der Waals surface area contributed by atoms with Gasteiger partial charge in [0, 0.05) is 5.92 Å². The smallest absolute Gasteiger partial charge is 0.166 e. The molecule has 0 aromatic rings. The van der Waals surface area contributed by atoms with Gasteiger partial charge in [-0.3, -0.25) is 0 Å². The molecule has 0 spiro atoms. The molecule has 4 nitrogen and oxygen atoms in total. The van der Waals surface area contributed by atoms with Crippen LogP contribution in [-0.2, 0) is 0 Å². The minimum absolute atomic E-state index is 0.0208. The molecule has 2 bridgehead atoms. The molecule has 0 aromatic heterocycles. The van der Waals surface area contributed by atoms with Crippen molar-refractivity contribution in [1.29, 1.82) is 0 Å². The first-order valence-electron chi connectivity index (χ1n) is 4.00. The summed E-state index contributed by atoms with van der Waals surface area (Å²) in [5, 5.41) is 27.8. The fraction of sp³-hybridized carbons (Fsp3) is 1.00. The van der Waals surface area contributed by atoms with Crippen molar-refractivity contribution in [2.24, 2.45) is 11.8 Å². The Morgan fingerprint density at radius 3 is 2.45 bits per heavy atom. The highest BCUT2D eigenvalue weighted by molar-refractivity contribution is 5.04. The standard InChI is InChI=1S/C7H13NO3/c9-6-4-1-2-5(3-4)7(6,10)8-11/h4-6,8-11H,1-3H2. The third-order valence-electron chi connectivity index (χ3n) is 3.17. The zero-order chi connectivity index (χ0) is 8.06. The molecule has 0 radical (unpaired) electrons. The van der Waals surface area contributed by atoms with E-state index >= 15 is 0 Å². The maximum absolute atomic E-state index is 9.65. The van der Waals surface area contributed by atoms with Crippen LogP contribution in [0.15, 0.2) is 0 Å². The molecule has 4 N–H and O–H groups in total.